The number of ether oxygens (including phenoxy) is 1. The summed E-state index contributed by atoms with van der Waals surface area (Å²) in [6.07, 6.45) is 0. The second-order valence-corrected chi connectivity index (χ2v) is 6.44. The van der Waals surface area contributed by atoms with Gasteiger partial charge in [-0.1, -0.05) is 17.7 Å². The van der Waals surface area contributed by atoms with Crippen molar-refractivity contribution in [2.24, 2.45) is 7.05 Å². The molecule has 132 valence electrons. The first kappa shape index (κ1) is 16.2. The number of hydrogen-bond donors (Lipinski definition) is 2. The molecule has 2 aromatic carbocycles. The lowest BCUT2D eigenvalue weighted by molar-refractivity contribution is 0.411. The van der Waals surface area contributed by atoms with Crippen LogP contribution in [0.4, 0.5) is 5.69 Å². The summed E-state index contributed by atoms with van der Waals surface area (Å²) in [6, 6.07) is 13.6. The van der Waals surface area contributed by atoms with Gasteiger partial charge in [0.05, 0.1) is 30.3 Å². The number of hydrogen-bond acceptors (Lipinski definition) is 4. The maximum atomic E-state index is 10.6. The Labute approximate surface area is 151 Å². The van der Waals surface area contributed by atoms with E-state index in [0.29, 0.717) is 11.4 Å². The van der Waals surface area contributed by atoms with Gasteiger partial charge in [-0.15, -0.1) is 0 Å². The quantitative estimate of drug-likeness (QED) is 0.757. The van der Waals surface area contributed by atoms with Gasteiger partial charge in [0.15, 0.2) is 0 Å². The van der Waals surface area contributed by atoms with Crippen molar-refractivity contribution in [1.82, 2.24) is 9.55 Å². The molecule has 6 nitrogen and oxygen atoms in total. The highest BCUT2D eigenvalue weighted by atomic mass is 16.5. The van der Waals surface area contributed by atoms with Gasteiger partial charge < -0.3 is 19.3 Å². The summed E-state index contributed by atoms with van der Waals surface area (Å²) in [7, 11) is 3.50. The van der Waals surface area contributed by atoms with E-state index >= 15 is 0 Å². The van der Waals surface area contributed by atoms with Crippen molar-refractivity contribution in [2.45, 2.75) is 6.92 Å². The van der Waals surface area contributed by atoms with Crippen molar-refractivity contribution < 1.29 is 9.84 Å². The van der Waals surface area contributed by atoms with Gasteiger partial charge in [-0.2, -0.15) is 0 Å². The van der Waals surface area contributed by atoms with Crippen molar-refractivity contribution in [3.63, 3.8) is 0 Å². The van der Waals surface area contributed by atoms with Crippen molar-refractivity contribution in [1.29, 1.82) is 5.41 Å². The van der Waals surface area contributed by atoms with Crippen molar-refractivity contribution in [2.75, 3.05) is 18.6 Å². The summed E-state index contributed by atoms with van der Waals surface area (Å²) in [6.45, 7) is 2.29. The molecule has 2 N–H and O–H groups in total. The van der Waals surface area contributed by atoms with Crippen LogP contribution in [0.2, 0.25) is 0 Å². The maximum absolute atomic E-state index is 10.6. The third-order valence-corrected chi connectivity index (χ3v) is 4.76. The van der Waals surface area contributed by atoms with Crippen molar-refractivity contribution in [3.05, 3.63) is 59.6 Å². The number of benzene rings is 2. The lowest BCUT2D eigenvalue weighted by Crippen LogP contribution is -2.26. The summed E-state index contributed by atoms with van der Waals surface area (Å²) in [5.74, 6) is 1.70. The monoisotopic (exact) mass is 348 g/mol. The number of anilines is 1. The Balaban J connectivity index is 1.76. The van der Waals surface area contributed by atoms with Gasteiger partial charge in [0.2, 0.25) is 0 Å². The zero-order valence-electron chi connectivity index (χ0n) is 14.9. The molecule has 0 atom stereocenters. The summed E-state index contributed by atoms with van der Waals surface area (Å²) < 4.78 is 7.16. The number of methoxy groups -OCH3 is 1. The summed E-state index contributed by atoms with van der Waals surface area (Å²) in [5.41, 5.74) is 4.18. The first-order chi connectivity index (χ1) is 12.5. The molecule has 0 saturated carbocycles. The number of rotatable bonds is 3. The highest BCUT2D eigenvalue weighted by Crippen LogP contribution is 2.32. The number of aliphatic hydroxyl groups excluding tert-OH is 1. The smallest absolute Gasteiger partial charge is 0.148 e. The van der Waals surface area contributed by atoms with Gasteiger partial charge in [-0.25, -0.2) is 4.98 Å². The minimum absolute atomic E-state index is 0.154. The molecule has 0 bridgehead atoms. The highest BCUT2D eigenvalue weighted by Gasteiger charge is 2.32. The van der Waals surface area contributed by atoms with E-state index in [1.807, 2.05) is 61.0 Å². The van der Waals surface area contributed by atoms with Crippen LogP contribution in [0.25, 0.3) is 16.6 Å². The van der Waals surface area contributed by atoms with E-state index in [9.17, 15) is 5.11 Å². The molecule has 0 amide bonds. The molecule has 0 unspecified atom stereocenters. The highest BCUT2D eigenvalue weighted by molar-refractivity contribution is 6.30. The van der Waals surface area contributed by atoms with E-state index < -0.39 is 0 Å². The lowest BCUT2D eigenvalue weighted by Gasteiger charge is -2.19. The van der Waals surface area contributed by atoms with Crippen molar-refractivity contribution in [3.8, 4) is 5.75 Å². The molecule has 0 saturated heterocycles. The van der Waals surface area contributed by atoms with Gasteiger partial charge in [-0.05, 0) is 31.2 Å². The van der Waals surface area contributed by atoms with Gasteiger partial charge in [0.25, 0.3) is 0 Å². The molecule has 3 aromatic rings. The minimum Gasteiger partial charge on any atom is -0.509 e. The van der Waals surface area contributed by atoms with Crippen LogP contribution in [0.3, 0.4) is 0 Å². The van der Waals surface area contributed by atoms with E-state index in [2.05, 4.69) is 4.98 Å². The molecule has 26 heavy (non-hydrogen) atoms. The Hall–Kier alpha value is -3.28. The third-order valence-electron chi connectivity index (χ3n) is 4.76. The standard InChI is InChI=1S/C20H20N4O2/c1-12-4-6-13(7-5-12)24-11-17(25)18(19(24)21)20-22-15-10-14(26-3)8-9-16(15)23(20)2/h4-10,21,25H,11H2,1-3H3. The van der Waals surface area contributed by atoms with E-state index in [4.69, 9.17) is 10.1 Å². The van der Waals surface area contributed by atoms with Crippen LogP contribution in [0.15, 0.2) is 48.2 Å². The number of aryl methyl sites for hydroxylation is 2. The fourth-order valence-electron chi connectivity index (χ4n) is 3.29. The summed E-state index contributed by atoms with van der Waals surface area (Å²) in [4.78, 5) is 6.43. The average Bonchev–Trinajstić information content (AvgIpc) is 3.11. The SMILES string of the molecule is COc1ccc2c(c1)nc(C1=C(O)CN(c3ccc(C)cc3)C1=N)n2C. The van der Waals surface area contributed by atoms with Crippen LogP contribution in [-0.4, -0.2) is 34.1 Å². The molecule has 4 rings (SSSR count). The average molecular weight is 348 g/mol. The number of nitrogens with zero attached hydrogens (tertiary/aromatic N) is 3. The maximum Gasteiger partial charge on any atom is 0.148 e. The summed E-state index contributed by atoms with van der Waals surface area (Å²) >= 11 is 0. The first-order valence-corrected chi connectivity index (χ1v) is 8.35. The van der Waals surface area contributed by atoms with Crippen LogP contribution in [0.1, 0.15) is 11.4 Å². The molecule has 1 aliphatic heterocycles. The largest absolute Gasteiger partial charge is 0.509 e. The molecule has 2 heterocycles. The third kappa shape index (κ3) is 2.42. The van der Waals surface area contributed by atoms with Gasteiger partial charge in [0.1, 0.15) is 23.2 Å². The Morgan fingerprint density at radius 1 is 1.15 bits per heavy atom. The van der Waals surface area contributed by atoms with Crippen LogP contribution in [0, 0.1) is 12.3 Å². The molecule has 6 heteroatoms. The molecule has 1 aliphatic rings. The van der Waals surface area contributed by atoms with Crippen molar-refractivity contribution >= 4 is 28.1 Å². The predicted octanol–water partition coefficient (Wildman–Crippen LogP) is 3.66. The van der Waals surface area contributed by atoms with E-state index in [1.165, 1.54) is 0 Å². The van der Waals surface area contributed by atoms with E-state index in [1.54, 1.807) is 12.0 Å². The molecular weight excluding hydrogens is 328 g/mol. The minimum atomic E-state index is 0.154. The Bertz CT molecular complexity index is 1050. The fourth-order valence-corrected chi connectivity index (χ4v) is 3.29. The van der Waals surface area contributed by atoms with Gasteiger partial charge >= 0.3 is 0 Å². The van der Waals surface area contributed by atoms with E-state index in [0.717, 1.165) is 28.0 Å². The number of fused-ring (bicyclic) bond motifs is 1. The van der Waals surface area contributed by atoms with Crippen LogP contribution in [-0.2, 0) is 7.05 Å². The van der Waals surface area contributed by atoms with Gasteiger partial charge in [-0.3, -0.25) is 5.41 Å². The topological polar surface area (TPSA) is 74.4 Å². The predicted molar refractivity (Wildman–Crippen MR) is 103 cm³/mol. The van der Waals surface area contributed by atoms with Gasteiger partial charge in [0, 0.05) is 18.8 Å². The molecule has 1 aromatic heterocycles. The summed E-state index contributed by atoms with van der Waals surface area (Å²) in [5, 5.41) is 19.2. The lowest BCUT2D eigenvalue weighted by atomic mass is 10.2. The van der Waals surface area contributed by atoms with Crippen LogP contribution >= 0.6 is 0 Å². The molecule has 0 radical (unpaired) electrons. The van der Waals surface area contributed by atoms with E-state index in [-0.39, 0.29) is 18.1 Å². The van der Waals surface area contributed by atoms with Crippen LogP contribution < -0.4 is 9.64 Å². The number of amidine groups is 1. The Morgan fingerprint density at radius 2 is 1.88 bits per heavy atom. The number of aromatic nitrogens is 2. The van der Waals surface area contributed by atoms with Crippen LogP contribution in [0.5, 0.6) is 5.75 Å². The Morgan fingerprint density at radius 3 is 2.58 bits per heavy atom. The second-order valence-electron chi connectivity index (χ2n) is 6.44. The first-order valence-electron chi connectivity index (χ1n) is 8.35. The molecule has 0 aliphatic carbocycles. The normalized spacial score (nSPS) is 14.6. The molecular formula is C20H20N4O2. The number of imidazole rings is 1. The zero-order valence-corrected chi connectivity index (χ0v) is 14.9. The Kier molecular flexibility index (Phi) is 3.68. The zero-order chi connectivity index (χ0) is 18.4. The number of nitrogens with one attached hydrogen (secondary N) is 1. The fraction of sp³-hybridized carbons (Fsp3) is 0.200. The molecule has 0 fully saturated rings. The molecule has 0 spiro atoms. The second kappa shape index (κ2) is 5.91. The number of aliphatic hydroxyl groups is 1.